The molecule has 0 aliphatic heterocycles. The molecule has 0 unspecified atom stereocenters. The first-order chi connectivity index (χ1) is 7.66. The normalized spacial score (nSPS) is 18.6. The molecule has 4 nitrogen and oxygen atoms in total. The fourth-order valence-electron chi connectivity index (χ4n) is 2.04. The predicted molar refractivity (Wildman–Crippen MR) is 62.2 cm³/mol. The number of nitrogens with one attached hydrogen (secondary N) is 1. The van der Waals surface area contributed by atoms with Crippen molar-refractivity contribution in [1.29, 1.82) is 0 Å². The second-order valence-electron chi connectivity index (χ2n) is 4.51. The van der Waals surface area contributed by atoms with Crippen molar-refractivity contribution in [1.82, 2.24) is 5.32 Å². The molecule has 0 aromatic rings. The molecule has 94 valence electrons. The molecule has 0 aromatic heterocycles. The van der Waals surface area contributed by atoms with E-state index in [0.717, 1.165) is 32.1 Å². The highest BCUT2D eigenvalue weighted by Crippen LogP contribution is 2.28. The number of carbonyl (C=O) groups is 1. The van der Waals surface area contributed by atoms with E-state index in [2.05, 4.69) is 5.32 Å². The van der Waals surface area contributed by atoms with Crippen molar-refractivity contribution in [3.63, 3.8) is 0 Å². The van der Waals surface area contributed by atoms with Crippen LogP contribution in [0.5, 0.6) is 0 Å². The maximum Gasteiger partial charge on any atom is 0.220 e. The Bertz CT molecular complexity index is 212. The monoisotopic (exact) mass is 229 g/mol. The number of carbonyl (C=O) groups excluding carboxylic acids is 1. The van der Waals surface area contributed by atoms with E-state index < -0.39 is 5.60 Å². The van der Waals surface area contributed by atoms with Crippen LogP contribution in [0.15, 0.2) is 0 Å². The summed E-state index contributed by atoms with van der Waals surface area (Å²) < 4.78 is 5.15. The zero-order valence-electron chi connectivity index (χ0n) is 10.1. The maximum atomic E-state index is 11.4. The molecule has 0 saturated heterocycles. The highest BCUT2D eigenvalue weighted by Gasteiger charge is 2.31. The molecule has 1 aliphatic carbocycles. The zero-order chi connectivity index (χ0) is 11.9. The summed E-state index contributed by atoms with van der Waals surface area (Å²) in [5.74, 6) is 0.0139. The lowest BCUT2D eigenvalue weighted by atomic mass is 10.0. The van der Waals surface area contributed by atoms with Gasteiger partial charge in [-0.3, -0.25) is 4.79 Å². The van der Waals surface area contributed by atoms with Gasteiger partial charge in [-0.05, 0) is 26.2 Å². The van der Waals surface area contributed by atoms with Gasteiger partial charge in [-0.1, -0.05) is 12.8 Å². The van der Waals surface area contributed by atoms with Gasteiger partial charge in [0.25, 0.3) is 0 Å². The van der Waals surface area contributed by atoms with Crippen LogP contribution in [0.4, 0.5) is 0 Å². The smallest absolute Gasteiger partial charge is 0.220 e. The molecule has 1 amide bonds. The Morgan fingerprint density at radius 3 is 2.75 bits per heavy atom. The maximum absolute atomic E-state index is 11.4. The summed E-state index contributed by atoms with van der Waals surface area (Å²) in [6.07, 6.45) is 4.99. The van der Waals surface area contributed by atoms with Crippen molar-refractivity contribution in [3.8, 4) is 0 Å². The van der Waals surface area contributed by atoms with Gasteiger partial charge < -0.3 is 15.2 Å². The fourth-order valence-corrected chi connectivity index (χ4v) is 2.04. The number of ether oxygens (including phenoxy) is 1. The molecule has 1 fully saturated rings. The number of hydrogen-bond acceptors (Lipinski definition) is 3. The van der Waals surface area contributed by atoms with E-state index in [9.17, 15) is 9.90 Å². The average molecular weight is 229 g/mol. The molecule has 1 aliphatic rings. The summed E-state index contributed by atoms with van der Waals surface area (Å²) >= 11 is 0. The third-order valence-electron chi connectivity index (χ3n) is 3.05. The summed E-state index contributed by atoms with van der Waals surface area (Å²) in [5, 5.41) is 12.8. The number of amides is 1. The minimum absolute atomic E-state index is 0.0139. The average Bonchev–Trinajstić information content (AvgIpc) is 2.70. The van der Waals surface area contributed by atoms with E-state index in [4.69, 9.17) is 4.74 Å². The fraction of sp³-hybridized carbons (Fsp3) is 0.917. The first-order valence-electron chi connectivity index (χ1n) is 6.23. The van der Waals surface area contributed by atoms with Crippen molar-refractivity contribution in [3.05, 3.63) is 0 Å². The molecule has 4 heteroatoms. The van der Waals surface area contributed by atoms with Crippen molar-refractivity contribution in [2.24, 2.45) is 0 Å². The standard InChI is InChI=1S/C12H23NO3/c1-2-16-9-5-6-11(14)13-10-12(15)7-3-4-8-12/h15H,2-10H2,1H3,(H,13,14). The summed E-state index contributed by atoms with van der Waals surface area (Å²) in [4.78, 5) is 11.4. The van der Waals surface area contributed by atoms with Gasteiger partial charge in [-0.2, -0.15) is 0 Å². The Kier molecular flexibility index (Phi) is 5.77. The van der Waals surface area contributed by atoms with Gasteiger partial charge >= 0.3 is 0 Å². The van der Waals surface area contributed by atoms with Crippen molar-refractivity contribution >= 4 is 5.91 Å². The highest BCUT2D eigenvalue weighted by molar-refractivity contribution is 5.75. The minimum Gasteiger partial charge on any atom is -0.388 e. The third kappa shape index (κ3) is 4.94. The first kappa shape index (κ1) is 13.5. The van der Waals surface area contributed by atoms with Crippen molar-refractivity contribution in [2.75, 3.05) is 19.8 Å². The molecule has 0 bridgehead atoms. The number of aliphatic hydroxyl groups is 1. The SMILES string of the molecule is CCOCCCC(=O)NCC1(O)CCCC1. The van der Waals surface area contributed by atoms with Gasteiger partial charge in [0.15, 0.2) is 0 Å². The molecule has 0 spiro atoms. The molecule has 16 heavy (non-hydrogen) atoms. The number of rotatable bonds is 7. The van der Waals surface area contributed by atoms with E-state index in [1.807, 2.05) is 6.92 Å². The lowest BCUT2D eigenvalue weighted by Gasteiger charge is -2.22. The van der Waals surface area contributed by atoms with Gasteiger partial charge in [0, 0.05) is 26.2 Å². The Morgan fingerprint density at radius 1 is 1.44 bits per heavy atom. The molecule has 0 atom stereocenters. The highest BCUT2D eigenvalue weighted by atomic mass is 16.5. The van der Waals surface area contributed by atoms with E-state index in [1.54, 1.807) is 0 Å². The van der Waals surface area contributed by atoms with Crippen LogP contribution < -0.4 is 5.32 Å². The van der Waals surface area contributed by atoms with Crippen LogP contribution in [-0.4, -0.2) is 36.4 Å². The van der Waals surface area contributed by atoms with Gasteiger partial charge in [-0.15, -0.1) is 0 Å². The van der Waals surface area contributed by atoms with Crippen LogP contribution in [0, 0.1) is 0 Å². The second kappa shape index (κ2) is 6.86. The Balaban J connectivity index is 2.05. The van der Waals surface area contributed by atoms with Crippen LogP contribution in [0.25, 0.3) is 0 Å². The van der Waals surface area contributed by atoms with Gasteiger partial charge in [0.1, 0.15) is 0 Å². The summed E-state index contributed by atoms with van der Waals surface area (Å²) in [6, 6.07) is 0. The molecule has 1 rings (SSSR count). The summed E-state index contributed by atoms with van der Waals surface area (Å²) in [5.41, 5.74) is -0.643. The van der Waals surface area contributed by atoms with Gasteiger partial charge in [0.05, 0.1) is 5.60 Å². The molecule has 0 aromatic carbocycles. The lowest BCUT2D eigenvalue weighted by molar-refractivity contribution is -0.122. The van der Waals surface area contributed by atoms with E-state index in [0.29, 0.717) is 26.2 Å². The quantitative estimate of drug-likeness (QED) is 0.645. The van der Waals surface area contributed by atoms with Crippen LogP contribution in [0.1, 0.15) is 45.4 Å². The largest absolute Gasteiger partial charge is 0.388 e. The third-order valence-corrected chi connectivity index (χ3v) is 3.05. The molecule has 1 saturated carbocycles. The molecular formula is C12H23NO3. The van der Waals surface area contributed by atoms with Gasteiger partial charge in [0.2, 0.25) is 5.91 Å². The van der Waals surface area contributed by atoms with Crippen molar-refractivity contribution in [2.45, 2.75) is 51.0 Å². The van der Waals surface area contributed by atoms with E-state index in [-0.39, 0.29) is 5.91 Å². The van der Waals surface area contributed by atoms with Crippen LogP contribution in [-0.2, 0) is 9.53 Å². The van der Waals surface area contributed by atoms with Gasteiger partial charge in [-0.25, -0.2) is 0 Å². The number of hydrogen-bond donors (Lipinski definition) is 2. The molecule has 0 radical (unpaired) electrons. The summed E-state index contributed by atoms with van der Waals surface area (Å²) in [7, 11) is 0. The molecule has 0 heterocycles. The lowest BCUT2D eigenvalue weighted by Crippen LogP contribution is -2.40. The van der Waals surface area contributed by atoms with Crippen LogP contribution in [0.3, 0.4) is 0 Å². The van der Waals surface area contributed by atoms with Crippen LogP contribution >= 0.6 is 0 Å². The summed E-state index contributed by atoms with van der Waals surface area (Å²) in [6.45, 7) is 3.67. The minimum atomic E-state index is -0.643. The Hall–Kier alpha value is -0.610. The second-order valence-corrected chi connectivity index (χ2v) is 4.51. The molecule has 2 N–H and O–H groups in total. The van der Waals surface area contributed by atoms with Crippen molar-refractivity contribution < 1.29 is 14.6 Å². The Labute approximate surface area is 97.4 Å². The predicted octanol–water partition coefficient (Wildman–Crippen LogP) is 1.22. The zero-order valence-corrected chi connectivity index (χ0v) is 10.1. The van der Waals surface area contributed by atoms with E-state index in [1.165, 1.54) is 0 Å². The Morgan fingerprint density at radius 2 is 2.12 bits per heavy atom. The van der Waals surface area contributed by atoms with Crippen LogP contribution in [0.2, 0.25) is 0 Å². The first-order valence-corrected chi connectivity index (χ1v) is 6.23. The van der Waals surface area contributed by atoms with E-state index >= 15 is 0 Å². The topological polar surface area (TPSA) is 58.6 Å². The molecular weight excluding hydrogens is 206 g/mol.